The highest BCUT2D eigenvalue weighted by Crippen LogP contribution is 2.34. The van der Waals surface area contributed by atoms with Crippen LogP contribution in [-0.4, -0.2) is 31.3 Å². The molecule has 1 aromatic carbocycles. The van der Waals surface area contributed by atoms with Crippen LogP contribution in [0.15, 0.2) is 58.3 Å². The first kappa shape index (κ1) is 19.5. The van der Waals surface area contributed by atoms with Crippen molar-refractivity contribution in [2.75, 3.05) is 11.8 Å². The lowest BCUT2D eigenvalue weighted by Crippen LogP contribution is -2.16. The summed E-state index contributed by atoms with van der Waals surface area (Å²) in [6.07, 6.45) is -1.88. The molecule has 0 bridgehead atoms. The quantitative estimate of drug-likeness (QED) is 0.643. The molecule has 0 aliphatic carbocycles. The van der Waals surface area contributed by atoms with Gasteiger partial charge in [-0.3, -0.25) is 4.72 Å². The minimum atomic E-state index is -4.69. The smallest absolute Gasteiger partial charge is 0.416 e. The molecule has 0 saturated carbocycles. The van der Waals surface area contributed by atoms with Crippen molar-refractivity contribution < 1.29 is 35.5 Å². The van der Waals surface area contributed by atoms with Crippen LogP contribution in [-0.2, 0) is 20.9 Å². The van der Waals surface area contributed by atoms with E-state index < -0.39 is 32.8 Å². The summed E-state index contributed by atoms with van der Waals surface area (Å²) in [5, 5.41) is 3.23. The number of anilines is 1. The number of nitrogens with one attached hydrogen (secondary N) is 1. The normalized spacial score (nSPS) is 12.0. The summed E-state index contributed by atoms with van der Waals surface area (Å²) in [5.74, 6) is -1.28. The number of halogens is 3. The van der Waals surface area contributed by atoms with Gasteiger partial charge in [0.1, 0.15) is 0 Å². The average Bonchev–Trinajstić information content (AvgIpc) is 3.32. The molecule has 0 atom stereocenters. The van der Waals surface area contributed by atoms with Crippen molar-refractivity contribution >= 4 is 21.7 Å². The number of hydrogen-bond acceptors (Lipinski definition) is 6. The topological polar surface area (TPSA) is 103 Å². The summed E-state index contributed by atoms with van der Waals surface area (Å²) < 4.78 is 76.8. The van der Waals surface area contributed by atoms with Gasteiger partial charge in [-0.05, 0) is 36.4 Å². The molecule has 0 fully saturated rings. The first-order valence-electron chi connectivity index (χ1n) is 7.54. The molecule has 0 aliphatic heterocycles. The zero-order chi connectivity index (χ0) is 20.5. The molecule has 0 spiro atoms. The molecule has 0 aliphatic rings. The maximum atomic E-state index is 13.1. The minimum absolute atomic E-state index is 0.0568. The fraction of sp³-hybridized carbons (Fsp3) is 0.125. The van der Waals surface area contributed by atoms with E-state index in [1.807, 2.05) is 4.72 Å². The molecule has 2 heterocycles. The number of alkyl halides is 3. The number of hydrogen-bond donors (Lipinski definition) is 1. The van der Waals surface area contributed by atoms with E-state index in [1.165, 1.54) is 23.1 Å². The van der Waals surface area contributed by atoms with Crippen molar-refractivity contribution in [1.29, 1.82) is 0 Å². The van der Waals surface area contributed by atoms with Crippen molar-refractivity contribution in [1.82, 2.24) is 9.78 Å². The Morgan fingerprint density at radius 3 is 2.61 bits per heavy atom. The standard InChI is InChI=1S/C16H12F3N3O5S/c1-26-15(23)13-5-6-14(27-13)28(24,25)21-11-9-10(16(17,18)19)3-4-12(11)22-8-2-7-20-22/h2-9,21H,1H3. The van der Waals surface area contributed by atoms with Crippen molar-refractivity contribution in [2.45, 2.75) is 11.3 Å². The molecule has 3 aromatic rings. The maximum Gasteiger partial charge on any atom is 0.416 e. The van der Waals surface area contributed by atoms with Crippen molar-refractivity contribution in [2.24, 2.45) is 0 Å². The second kappa shape index (κ2) is 7.03. The summed E-state index contributed by atoms with van der Waals surface area (Å²) in [6, 6.07) is 6.09. The van der Waals surface area contributed by atoms with Crippen LogP contribution in [0.3, 0.4) is 0 Å². The van der Waals surface area contributed by atoms with Crippen LogP contribution in [0.25, 0.3) is 5.69 Å². The third-order valence-corrected chi connectivity index (χ3v) is 4.79. The highest BCUT2D eigenvalue weighted by atomic mass is 32.2. The number of methoxy groups -OCH3 is 1. The van der Waals surface area contributed by atoms with E-state index in [2.05, 4.69) is 9.84 Å². The van der Waals surface area contributed by atoms with E-state index >= 15 is 0 Å². The second-order valence-corrected chi connectivity index (χ2v) is 7.01. The lowest BCUT2D eigenvalue weighted by Gasteiger charge is -2.15. The van der Waals surface area contributed by atoms with E-state index in [-0.39, 0.29) is 17.1 Å². The molecular formula is C16H12F3N3O5S. The number of nitrogens with zero attached hydrogens (tertiary/aromatic N) is 2. The van der Waals surface area contributed by atoms with Gasteiger partial charge in [-0.25, -0.2) is 9.48 Å². The van der Waals surface area contributed by atoms with Crippen LogP contribution in [0.1, 0.15) is 16.1 Å². The lowest BCUT2D eigenvalue weighted by atomic mass is 10.1. The summed E-state index contributed by atoms with van der Waals surface area (Å²) in [4.78, 5) is 11.4. The number of benzene rings is 1. The van der Waals surface area contributed by atoms with Crippen LogP contribution in [0.2, 0.25) is 0 Å². The molecule has 3 rings (SSSR count). The van der Waals surface area contributed by atoms with Crippen LogP contribution in [0, 0.1) is 0 Å². The third-order valence-electron chi connectivity index (χ3n) is 3.55. The number of sulfonamides is 1. The third kappa shape index (κ3) is 3.86. The Balaban J connectivity index is 2.04. The predicted octanol–water partition coefficient (Wildman–Crippen LogP) is 3.07. The van der Waals surface area contributed by atoms with Gasteiger partial charge in [0.25, 0.3) is 10.0 Å². The molecule has 148 valence electrons. The van der Waals surface area contributed by atoms with Gasteiger partial charge in [-0.1, -0.05) is 0 Å². The minimum Gasteiger partial charge on any atom is -0.463 e. The molecular weight excluding hydrogens is 403 g/mol. The molecule has 2 aromatic heterocycles. The molecule has 0 unspecified atom stereocenters. The van der Waals surface area contributed by atoms with Gasteiger partial charge in [0.2, 0.25) is 10.9 Å². The van der Waals surface area contributed by atoms with Crippen LogP contribution in [0.4, 0.5) is 18.9 Å². The Hall–Kier alpha value is -3.28. The Morgan fingerprint density at radius 1 is 1.25 bits per heavy atom. The number of furan rings is 1. The van der Waals surface area contributed by atoms with Gasteiger partial charge >= 0.3 is 12.1 Å². The Morgan fingerprint density at radius 2 is 2.00 bits per heavy atom. The Bertz CT molecular complexity index is 1110. The number of carbonyl (C=O) groups is 1. The highest BCUT2D eigenvalue weighted by molar-refractivity contribution is 7.92. The van der Waals surface area contributed by atoms with Gasteiger partial charge in [-0.2, -0.15) is 26.7 Å². The van der Waals surface area contributed by atoms with Gasteiger partial charge in [-0.15, -0.1) is 0 Å². The number of rotatable bonds is 5. The SMILES string of the molecule is COC(=O)c1ccc(S(=O)(=O)Nc2cc(C(F)(F)F)ccc2-n2cccn2)o1. The summed E-state index contributed by atoms with van der Waals surface area (Å²) in [6.45, 7) is 0. The summed E-state index contributed by atoms with van der Waals surface area (Å²) in [5.41, 5.74) is -1.38. The van der Waals surface area contributed by atoms with Crippen LogP contribution in [0.5, 0.6) is 0 Å². The van der Waals surface area contributed by atoms with Crippen molar-refractivity contribution in [3.05, 3.63) is 60.1 Å². The molecule has 1 N–H and O–H groups in total. The summed E-state index contributed by atoms with van der Waals surface area (Å²) in [7, 11) is -3.36. The van der Waals surface area contributed by atoms with Crippen molar-refractivity contribution in [3.8, 4) is 5.69 Å². The largest absolute Gasteiger partial charge is 0.463 e. The fourth-order valence-corrected chi connectivity index (χ4v) is 3.28. The monoisotopic (exact) mass is 415 g/mol. The van der Waals surface area contributed by atoms with E-state index in [4.69, 9.17) is 4.42 Å². The maximum absolute atomic E-state index is 13.1. The van der Waals surface area contributed by atoms with Gasteiger partial charge in [0.15, 0.2) is 0 Å². The first-order chi connectivity index (χ1) is 13.1. The van der Waals surface area contributed by atoms with Gasteiger partial charge in [0.05, 0.1) is 24.0 Å². The zero-order valence-electron chi connectivity index (χ0n) is 14.1. The average molecular weight is 415 g/mol. The zero-order valence-corrected chi connectivity index (χ0v) is 14.9. The number of esters is 1. The molecule has 8 nitrogen and oxygen atoms in total. The van der Waals surface area contributed by atoms with Crippen LogP contribution >= 0.6 is 0 Å². The fourth-order valence-electron chi connectivity index (χ4n) is 2.28. The number of carbonyl (C=O) groups excluding carboxylic acids is 1. The van der Waals surface area contributed by atoms with Gasteiger partial charge < -0.3 is 9.15 Å². The molecule has 12 heteroatoms. The summed E-state index contributed by atoms with van der Waals surface area (Å²) >= 11 is 0. The van der Waals surface area contributed by atoms with Crippen LogP contribution < -0.4 is 4.72 Å². The number of aromatic nitrogens is 2. The van der Waals surface area contributed by atoms with E-state index in [0.29, 0.717) is 6.07 Å². The second-order valence-electron chi connectivity index (χ2n) is 5.40. The molecule has 0 radical (unpaired) electrons. The number of ether oxygens (including phenoxy) is 1. The first-order valence-corrected chi connectivity index (χ1v) is 9.02. The molecule has 0 amide bonds. The Labute approximate surface area is 156 Å². The Kier molecular flexibility index (Phi) is 4.89. The van der Waals surface area contributed by atoms with Crippen molar-refractivity contribution in [3.63, 3.8) is 0 Å². The highest BCUT2D eigenvalue weighted by Gasteiger charge is 2.32. The van der Waals surface area contributed by atoms with E-state index in [9.17, 15) is 26.4 Å². The molecule has 0 saturated heterocycles. The molecule has 28 heavy (non-hydrogen) atoms. The van der Waals surface area contributed by atoms with E-state index in [1.54, 1.807) is 0 Å². The van der Waals surface area contributed by atoms with E-state index in [0.717, 1.165) is 31.4 Å². The lowest BCUT2D eigenvalue weighted by molar-refractivity contribution is -0.137. The predicted molar refractivity (Wildman–Crippen MR) is 89.4 cm³/mol. The van der Waals surface area contributed by atoms with Gasteiger partial charge in [0, 0.05) is 12.4 Å².